The first kappa shape index (κ1) is 33.1. The minimum absolute atomic E-state index is 0.0341. The van der Waals surface area contributed by atoms with Crippen molar-refractivity contribution in [2.75, 3.05) is 79.0 Å². The Labute approximate surface area is 205 Å². The zero-order valence-corrected chi connectivity index (χ0v) is 21.1. The van der Waals surface area contributed by atoms with E-state index in [-0.39, 0.29) is 19.1 Å². The molecule has 0 bridgehead atoms. The maximum atomic E-state index is 11.6. The highest BCUT2D eigenvalue weighted by Gasteiger charge is 2.04. The maximum Gasteiger partial charge on any atom is 0.220 e. The Balaban J connectivity index is 3.29. The molecule has 7 N–H and O–H groups in total. The van der Waals surface area contributed by atoms with Crippen molar-refractivity contribution in [1.29, 1.82) is 0 Å². The standard InChI is InChI=1S/C23H50N4O7/c1-2-3-7-10-25-22(29)19-33-17-16-32-14-12-27-23(30)20-34-18-15-31-13-11-26-21(28)8-5-4-6-9-24/h22-23,25,27,29-30H,2-20,24H2,1H3,(H,26,28). The molecule has 204 valence electrons. The first-order valence-electron chi connectivity index (χ1n) is 12.7. The molecule has 11 nitrogen and oxygen atoms in total. The number of ether oxygens (including phenoxy) is 4. The van der Waals surface area contributed by atoms with Crippen LogP contribution in [0.4, 0.5) is 0 Å². The van der Waals surface area contributed by atoms with Crippen LogP contribution in [0.1, 0.15) is 51.9 Å². The van der Waals surface area contributed by atoms with Crippen LogP contribution in [0.5, 0.6) is 0 Å². The topological polar surface area (TPSA) is 157 Å². The number of carbonyl (C=O) groups excluding carboxylic acids is 1. The fourth-order valence-corrected chi connectivity index (χ4v) is 2.85. The number of nitrogens with two attached hydrogens (primary N) is 1. The first-order chi connectivity index (χ1) is 16.6. The van der Waals surface area contributed by atoms with E-state index in [1.165, 1.54) is 0 Å². The molecule has 1 amide bonds. The molecule has 0 aromatic rings. The third-order valence-electron chi connectivity index (χ3n) is 4.76. The Morgan fingerprint density at radius 1 is 0.735 bits per heavy atom. The van der Waals surface area contributed by atoms with Crippen LogP contribution in [0.3, 0.4) is 0 Å². The third kappa shape index (κ3) is 25.7. The highest BCUT2D eigenvalue weighted by Crippen LogP contribution is 1.98. The lowest BCUT2D eigenvalue weighted by Gasteiger charge is -2.14. The van der Waals surface area contributed by atoms with Crippen LogP contribution < -0.4 is 21.7 Å². The van der Waals surface area contributed by atoms with Crippen LogP contribution in [0.25, 0.3) is 0 Å². The van der Waals surface area contributed by atoms with Crippen LogP contribution in [0.2, 0.25) is 0 Å². The van der Waals surface area contributed by atoms with Gasteiger partial charge in [0, 0.05) is 19.5 Å². The van der Waals surface area contributed by atoms with Gasteiger partial charge >= 0.3 is 0 Å². The molecule has 0 aromatic carbocycles. The fraction of sp³-hybridized carbons (Fsp3) is 0.957. The molecule has 0 aromatic heterocycles. The Hall–Kier alpha value is -0.890. The number of aliphatic hydroxyl groups excluding tert-OH is 2. The molecule has 2 atom stereocenters. The van der Waals surface area contributed by atoms with Gasteiger partial charge in [0.05, 0.1) is 52.9 Å². The average Bonchev–Trinajstić information content (AvgIpc) is 2.83. The molecule has 0 spiro atoms. The Bertz CT molecular complexity index is 436. The van der Waals surface area contributed by atoms with E-state index in [2.05, 4.69) is 22.9 Å². The lowest BCUT2D eigenvalue weighted by atomic mass is 10.2. The van der Waals surface area contributed by atoms with Gasteiger partial charge in [-0.3, -0.25) is 15.4 Å². The van der Waals surface area contributed by atoms with E-state index >= 15 is 0 Å². The smallest absolute Gasteiger partial charge is 0.220 e. The number of hydrogen-bond acceptors (Lipinski definition) is 10. The molecular weight excluding hydrogens is 444 g/mol. The summed E-state index contributed by atoms with van der Waals surface area (Å²) in [6, 6.07) is 0. The molecule has 2 unspecified atom stereocenters. The van der Waals surface area contributed by atoms with Gasteiger partial charge < -0.3 is 40.2 Å². The fourth-order valence-electron chi connectivity index (χ4n) is 2.85. The summed E-state index contributed by atoms with van der Waals surface area (Å²) in [6.45, 7) is 7.36. The monoisotopic (exact) mass is 494 g/mol. The van der Waals surface area contributed by atoms with Gasteiger partial charge in [0.15, 0.2) is 0 Å². The van der Waals surface area contributed by atoms with Crippen molar-refractivity contribution < 1.29 is 34.0 Å². The van der Waals surface area contributed by atoms with Gasteiger partial charge in [-0.2, -0.15) is 0 Å². The second-order valence-electron chi connectivity index (χ2n) is 7.97. The minimum atomic E-state index is -0.785. The van der Waals surface area contributed by atoms with Crippen molar-refractivity contribution in [3.63, 3.8) is 0 Å². The summed E-state index contributed by atoms with van der Waals surface area (Å²) < 4.78 is 21.5. The molecule has 0 saturated carbocycles. The van der Waals surface area contributed by atoms with Crippen molar-refractivity contribution in [3.05, 3.63) is 0 Å². The number of nitrogens with one attached hydrogen (secondary N) is 3. The quantitative estimate of drug-likeness (QED) is 0.0661. The van der Waals surface area contributed by atoms with Crippen molar-refractivity contribution in [3.8, 4) is 0 Å². The zero-order valence-electron chi connectivity index (χ0n) is 21.1. The van der Waals surface area contributed by atoms with Gasteiger partial charge in [0.2, 0.25) is 5.91 Å². The predicted molar refractivity (Wildman–Crippen MR) is 131 cm³/mol. The minimum Gasteiger partial charge on any atom is -0.378 e. The lowest BCUT2D eigenvalue weighted by Crippen LogP contribution is -2.36. The van der Waals surface area contributed by atoms with E-state index in [9.17, 15) is 15.0 Å². The molecular formula is C23H50N4O7. The normalized spacial score (nSPS) is 13.2. The number of hydrogen-bond donors (Lipinski definition) is 6. The van der Waals surface area contributed by atoms with Crippen LogP contribution in [-0.4, -0.2) is 108 Å². The molecule has 0 aliphatic heterocycles. The van der Waals surface area contributed by atoms with Crippen molar-refractivity contribution in [2.45, 2.75) is 64.3 Å². The molecule has 0 aliphatic carbocycles. The molecule has 0 fully saturated rings. The molecule has 0 heterocycles. The second-order valence-corrected chi connectivity index (χ2v) is 7.97. The number of amides is 1. The van der Waals surface area contributed by atoms with Gasteiger partial charge in [-0.15, -0.1) is 0 Å². The highest BCUT2D eigenvalue weighted by molar-refractivity contribution is 5.75. The SMILES string of the molecule is CCCCCNC(O)COCCOCCNC(O)COCCOCCNC(=O)CCCCCN. The summed E-state index contributed by atoms with van der Waals surface area (Å²) in [6.07, 6.45) is 5.22. The Morgan fingerprint density at radius 2 is 1.32 bits per heavy atom. The zero-order chi connectivity index (χ0) is 25.1. The lowest BCUT2D eigenvalue weighted by molar-refractivity contribution is -0.121. The van der Waals surface area contributed by atoms with Gasteiger partial charge in [0.1, 0.15) is 12.5 Å². The van der Waals surface area contributed by atoms with E-state index in [4.69, 9.17) is 24.7 Å². The van der Waals surface area contributed by atoms with E-state index < -0.39 is 12.5 Å². The van der Waals surface area contributed by atoms with Crippen molar-refractivity contribution >= 4 is 5.91 Å². The predicted octanol–water partition coefficient (Wildman–Crippen LogP) is -0.306. The molecule has 0 aliphatic rings. The van der Waals surface area contributed by atoms with Gasteiger partial charge in [-0.25, -0.2) is 0 Å². The highest BCUT2D eigenvalue weighted by atomic mass is 16.5. The van der Waals surface area contributed by atoms with E-state index in [1.54, 1.807) is 0 Å². The van der Waals surface area contributed by atoms with Crippen LogP contribution in [0, 0.1) is 0 Å². The number of rotatable bonds is 27. The summed E-state index contributed by atoms with van der Waals surface area (Å²) in [7, 11) is 0. The molecule has 34 heavy (non-hydrogen) atoms. The van der Waals surface area contributed by atoms with E-state index in [0.717, 1.165) is 45.1 Å². The number of carbonyl (C=O) groups is 1. The van der Waals surface area contributed by atoms with Crippen molar-refractivity contribution in [2.24, 2.45) is 5.73 Å². The van der Waals surface area contributed by atoms with Crippen molar-refractivity contribution in [1.82, 2.24) is 16.0 Å². The number of unbranched alkanes of at least 4 members (excludes halogenated alkanes) is 4. The summed E-state index contributed by atoms with van der Waals surface area (Å²) in [4.78, 5) is 11.6. The Morgan fingerprint density at radius 3 is 1.94 bits per heavy atom. The van der Waals surface area contributed by atoms with Gasteiger partial charge in [-0.05, 0) is 32.4 Å². The molecule has 11 heteroatoms. The average molecular weight is 495 g/mol. The summed E-state index contributed by atoms with van der Waals surface area (Å²) in [5, 5.41) is 28.2. The second kappa shape index (κ2) is 26.7. The van der Waals surface area contributed by atoms with E-state index in [1.807, 2.05) is 0 Å². The van der Waals surface area contributed by atoms with Crippen LogP contribution in [-0.2, 0) is 23.7 Å². The van der Waals surface area contributed by atoms with Gasteiger partial charge in [0.25, 0.3) is 0 Å². The Kier molecular flexibility index (Phi) is 26.0. The maximum absolute atomic E-state index is 11.6. The largest absolute Gasteiger partial charge is 0.378 e. The molecule has 0 rings (SSSR count). The van der Waals surface area contributed by atoms with Crippen LogP contribution in [0.15, 0.2) is 0 Å². The number of aliphatic hydroxyl groups is 2. The van der Waals surface area contributed by atoms with Crippen LogP contribution >= 0.6 is 0 Å². The summed E-state index contributed by atoms with van der Waals surface area (Å²) in [5.41, 5.74) is 5.42. The summed E-state index contributed by atoms with van der Waals surface area (Å²) in [5.74, 6) is 0.0341. The molecule has 0 radical (unpaired) electrons. The van der Waals surface area contributed by atoms with Gasteiger partial charge in [-0.1, -0.05) is 26.2 Å². The summed E-state index contributed by atoms with van der Waals surface area (Å²) >= 11 is 0. The first-order valence-corrected chi connectivity index (χ1v) is 12.7. The molecule has 0 saturated heterocycles. The van der Waals surface area contributed by atoms with E-state index in [0.29, 0.717) is 65.7 Å². The third-order valence-corrected chi connectivity index (χ3v) is 4.76.